The third-order valence-electron chi connectivity index (χ3n) is 6.66. The standard InChI is InChI=1S/C18H32N2O/c1-4-12(2)16(19)17(21)20(3)11-18-8-13-5-14(9-18)7-15(6-13)10-18/h12-16H,4-11,19H2,1-3H3/t12-,13?,14?,15?,16-,18?/m0/s1. The largest absolute Gasteiger partial charge is 0.344 e. The van der Waals surface area contributed by atoms with Gasteiger partial charge in [-0.3, -0.25) is 4.79 Å². The highest BCUT2D eigenvalue weighted by Crippen LogP contribution is 2.60. The Morgan fingerprint density at radius 3 is 2.10 bits per heavy atom. The van der Waals surface area contributed by atoms with E-state index in [0.29, 0.717) is 5.41 Å². The second-order valence-electron chi connectivity index (χ2n) is 8.52. The summed E-state index contributed by atoms with van der Waals surface area (Å²) < 4.78 is 0. The molecule has 4 aliphatic carbocycles. The highest BCUT2D eigenvalue weighted by molar-refractivity contribution is 5.81. The maximum absolute atomic E-state index is 12.6. The van der Waals surface area contributed by atoms with Crippen LogP contribution in [0.4, 0.5) is 0 Å². The summed E-state index contributed by atoms with van der Waals surface area (Å²) in [5.41, 5.74) is 6.57. The average molecular weight is 292 g/mol. The predicted molar refractivity (Wildman–Crippen MR) is 85.7 cm³/mol. The van der Waals surface area contributed by atoms with Gasteiger partial charge >= 0.3 is 0 Å². The highest BCUT2D eigenvalue weighted by atomic mass is 16.2. The molecule has 0 heterocycles. The number of hydrogen-bond donors (Lipinski definition) is 1. The second-order valence-corrected chi connectivity index (χ2v) is 8.52. The SMILES string of the molecule is CC[C@H](C)[C@H](N)C(=O)N(C)CC12CC3CC(CC(C3)C1)C2. The average Bonchev–Trinajstić information content (AvgIpc) is 2.42. The van der Waals surface area contributed by atoms with Crippen LogP contribution in [0.1, 0.15) is 58.8 Å². The van der Waals surface area contributed by atoms with Gasteiger partial charge in [0.05, 0.1) is 6.04 Å². The summed E-state index contributed by atoms with van der Waals surface area (Å²) in [6.07, 6.45) is 9.42. The first-order chi connectivity index (χ1) is 9.92. The molecule has 0 spiro atoms. The van der Waals surface area contributed by atoms with Crippen molar-refractivity contribution in [3.8, 4) is 0 Å². The molecule has 0 unspecified atom stereocenters. The van der Waals surface area contributed by atoms with Crippen molar-refractivity contribution in [1.82, 2.24) is 4.90 Å². The van der Waals surface area contributed by atoms with E-state index in [1.165, 1.54) is 38.5 Å². The molecule has 0 aromatic carbocycles. The number of carbonyl (C=O) groups is 1. The van der Waals surface area contributed by atoms with E-state index in [1.807, 2.05) is 11.9 Å². The fourth-order valence-corrected chi connectivity index (χ4v) is 5.82. The van der Waals surface area contributed by atoms with Gasteiger partial charge in [-0.15, -0.1) is 0 Å². The molecule has 4 fully saturated rings. The quantitative estimate of drug-likeness (QED) is 0.846. The molecule has 0 radical (unpaired) electrons. The van der Waals surface area contributed by atoms with Crippen molar-refractivity contribution in [2.24, 2.45) is 34.8 Å². The van der Waals surface area contributed by atoms with Crippen molar-refractivity contribution in [3.05, 3.63) is 0 Å². The molecule has 120 valence electrons. The molecule has 4 rings (SSSR count). The Morgan fingerprint density at radius 1 is 1.19 bits per heavy atom. The fraction of sp³-hybridized carbons (Fsp3) is 0.944. The lowest BCUT2D eigenvalue weighted by Crippen LogP contribution is -2.54. The molecular formula is C18H32N2O. The van der Waals surface area contributed by atoms with Crippen LogP contribution in [-0.4, -0.2) is 30.4 Å². The van der Waals surface area contributed by atoms with Gasteiger partial charge in [0.1, 0.15) is 0 Å². The van der Waals surface area contributed by atoms with Gasteiger partial charge < -0.3 is 10.6 Å². The summed E-state index contributed by atoms with van der Waals surface area (Å²) in [4.78, 5) is 14.5. The van der Waals surface area contributed by atoms with E-state index in [-0.39, 0.29) is 17.9 Å². The molecule has 4 saturated carbocycles. The number of likely N-dealkylation sites (N-methyl/N-ethyl adjacent to an activating group) is 1. The lowest BCUT2D eigenvalue weighted by Gasteiger charge is -2.57. The smallest absolute Gasteiger partial charge is 0.239 e. The third kappa shape index (κ3) is 2.86. The summed E-state index contributed by atoms with van der Waals surface area (Å²) in [5, 5.41) is 0. The van der Waals surface area contributed by atoms with Gasteiger partial charge in [-0.05, 0) is 67.6 Å². The number of hydrogen-bond acceptors (Lipinski definition) is 2. The lowest BCUT2D eigenvalue weighted by atomic mass is 9.49. The Labute approximate surface area is 129 Å². The minimum atomic E-state index is -0.325. The molecule has 0 aromatic rings. The van der Waals surface area contributed by atoms with Gasteiger partial charge in [-0.1, -0.05) is 20.3 Å². The first-order valence-corrected chi connectivity index (χ1v) is 8.93. The highest BCUT2D eigenvalue weighted by Gasteiger charge is 2.51. The van der Waals surface area contributed by atoms with Crippen LogP contribution in [0.15, 0.2) is 0 Å². The molecule has 2 N–H and O–H groups in total. The first kappa shape index (κ1) is 15.3. The van der Waals surface area contributed by atoms with E-state index >= 15 is 0 Å². The summed E-state index contributed by atoms with van der Waals surface area (Å²) in [5.74, 6) is 3.27. The Bertz CT molecular complexity index is 371. The van der Waals surface area contributed by atoms with E-state index in [4.69, 9.17) is 5.73 Å². The normalized spacial score (nSPS) is 40.1. The zero-order chi connectivity index (χ0) is 15.2. The molecule has 21 heavy (non-hydrogen) atoms. The Balaban J connectivity index is 1.64. The third-order valence-corrected chi connectivity index (χ3v) is 6.66. The van der Waals surface area contributed by atoms with Gasteiger partial charge in [-0.25, -0.2) is 0 Å². The van der Waals surface area contributed by atoms with Crippen molar-refractivity contribution >= 4 is 5.91 Å². The van der Waals surface area contributed by atoms with Gasteiger partial charge in [0, 0.05) is 13.6 Å². The summed E-state index contributed by atoms with van der Waals surface area (Å²) >= 11 is 0. The van der Waals surface area contributed by atoms with E-state index in [0.717, 1.165) is 30.7 Å². The number of nitrogens with two attached hydrogens (primary N) is 1. The van der Waals surface area contributed by atoms with Crippen molar-refractivity contribution in [2.75, 3.05) is 13.6 Å². The minimum Gasteiger partial charge on any atom is -0.344 e. The Hall–Kier alpha value is -0.570. The van der Waals surface area contributed by atoms with E-state index in [1.54, 1.807) is 0 Å². The monoisotopic (exact) mass is 292 g/mol. The second kappa shape index (κ2) is 5.57. The maximum Gasteiger partial charge on any atom is 0.239 e. The van der Waals surface area contributed by atoms with Gasteiger partial charge in [0.15, 0.2) is 0 Å². The van der Waals surface area contributed by atoms with E-state index in [2.05, 4.69) is 13.8 Å². The Kier molecular flexibility index (Phi) is 4.06. The zero-order valence-corrected chi connectivity index (χ0v) is 14.0. The number of amides is 1. The van der Waals surface area contributed by atoms with E-state index < -0.39 is 0 Å². The maximum atomic E-state index is 12.6. The summed E-state index contributed by atoms with van der Waals surface area (Å²) in [6, 6.07) is -0.325. The van der Waals surface area contributed by atoms with Crippen molar-refractivity contribution in [3.63, 3.8) is 0 Å². The van der Waals surface area contributed by atoms with Crippen LogP contribution in [0, 0.1) is 29.1 Å². The summed E-state index contributed by atoms with van der Waals surface area (Å²) in [7, 11) is 1.98. The van der Waals surface area contributed by atoms with Crippen LogP contribution in [0.2, 0.25) is 0 Å². The van der Waals surface area contributed by atoms with Gasteiger partial charge in [0.25, 0.3) is 0 Å². The van der Waals surface area contributed by atoms with Gasteiger partial charge in [0.2, 0.25) is 5.91 Å². The van der Waals surface area contributed by atoms with E-state index in [9.17, 15) is 4.79 Å². The fourth-order valence-electron chi connectivity index (χ4n) is 5.82. The molecule has 1 amide bonds. The molecule has 3 heteroatoms. The van der Waals surface area contributed by atoms with Crippen LogP contribution in [0.3, 0.4) is 0 Å². The van der Waals surface area contributed by atoms with Gasteiger partial charge in [-0.2, -0.15) is 0 Å². The number of carbonyl (C=O) groups excluding carboxylic acids is 1. The van der Waals surface area contributed by atoms with Crippen molar-refractivity contribution in [1.29, 1.82) is 0 Å². The molecule has 4 bridgehead atoms. The zero-order valence-electron chi connectivity index (χ0n) is 14.0. The molecular weight excluding hydrogens is 260 g/mol. The lowest BCUT2D eigenvalue weighted by molar-refractivity contribution is -0.137. The molecule has 0 saturated heterocycles. The molecule has 3 nitrogen and oxygen atoms in total. The van der Waals surface area contributed by atoms with Crippen LogP contribution >= 0.6 is 0 Å². The van der Waals surface area contributed by atoms with Crippen LogP contribution in [-0.2, 0) is 4.79 Å². The molecule has 0 aliphatic heterocycles. The number of rotatable bonds is 5. The molecule has 2 atom stereocenters. The Morgan fingerprint density at radius 2 is 1.67 bits per heavy atom. The first-order valence-electron chi connectivity index (χ1n) is 8.93. The predicted octanol–water partition coefficient (Wildman–Crippen LogP) is 3.03. The minimum absolute atomic E-state index is 0.153. The topological polar surface area (TPSA) is 46.3 Å². The van der Waals surface area contributed by atoms with Crippen molar-refractivity contribution in [2.45, 2.75) is 64.8 Å². The summed E-state index contributed by atoms with van der Waals surface area (Å²) in [6.45, 7) is 5.14. The van der Waals surface area contributed by atoms with Crippen LogP contribution in [0.25, 0.3) is 0 Å². The van der Waals surface area contributed by atoms with Crippen LogP contribution in [0.5, 0.6) is 0 Å². The molecule has 4 aliphatic rings. The van der Waals surface area contributed by atoms with Crippen molar-refractivity contribution < 1.29 is 4.79 Å². The number of nitrogens with zero attached hydrogens (tertiary/aromatic N) is 1. The van der Waals surface area contributed by atoms with Crippen LogP contribution < -0.4 is 5.73 Å². The molecule has 0 aromatic heterocycles.